The molecule has 0 bridgehead atoms. The number of rotatable bonds is 4. The van der Waals surface area contributed by atoms with E-state index in [4.69, 9.17) is 11.6 Å². The highest BCUT2D eigenvalue weighted by molar-refractivity contribution is 7.89. The Bertz CT molecular complexity index is 294. The quantitative estimate of drug-likeness (QED) is 0.719. The molecule has 0 aromatic heterocycles. The minimum Gasteiger partial charge on any atom is -0.387 e. The van der Waals surface area contributed by atoms with Crippen molar-refractivity contribution in [3.05, 3.63) is 0 Å². The van der Waals surface area contributed by atoms with E-state index < -0.39 is 15.6 Å². The van der Waals surface area contributed by atoms with Crippen LogP contribution in [0.25, 0.3) is 0 Å². The van der Waals surface area contributed by atoms with Gasteiger partial charge in [-0.15, -0.1) is 11.6 Å². The maximum atomic E-state index is 11.6. The molecule has 1 heterocycles. The Morgan fingerprint density at radius 3 is 2.43 bits per heavy atom. The lowest BCUT2D eigenvalue weighted by Crippen LogP contribution is -2.62. The lowest BCUT2D eigenvalue weighted by molar-refractivity contribution is -0.0427. The molecule has 14 heavy (non-hydrogen) atoms. The van der Waals surface area contributed by atoms with Crippen LogP contribution in [0.5, 0.6) is 0 Å². The molecule has 84 valence electrons. The van der Waals surface area contributed by atoms with E-state index in [1.165, 1.54) is 4.31 Å². The zero-order valence-electron chi connectivity index (χ0n) is 8.40. The van der Waals surface area contributed by atoms with Gasteiger partial charge in [-0.3, -0.25) is 0 Å². The van der Waals surface area contributed by atoms with Crippen molar-refractivity contribution in [1.29, 1.82) is 0 Å². The summed E-state index contributed by atoms with van der Waals surface area (Å²) in [6.45, 7) is 3.82. The highest BCUT2D eigenvalue weighted by Gasteiger charge is 2.43. The van der Waals surface area contributed by atoms with Gasteiger partial charge >= 0.3 is 0 Å². The SMILES string of the molecule is CC(CCl)CS(=O)(=O)N1CC(C)(O)C1. The summed E-state index contributed by atoms with van der Waals surface area (Å²) in [5.41, 5.74) is -0.850. The van der Waals surface area contributed by atoms with Crippen LogP contribution in [-0.2, 0) is 10.0 Å². The first kappa shape index (κ1) is 12.2. The molecule has 1 unspecified atom stereocenters. The number of aliphatic hydroxyl groups is 1. The summed E-state index contributed by atoms with van der Waals surface area (Å²) in [6.07, 6.45) is 0. The summed E-state index contributed by atoms with van der Waals surface area (Å²) in [5.74, 6) is 0.350. The van der Waals surface area contributed by atoms with Crippen LogP contribution >= 0.6 is 11.6 Å². The summed E-state index contributed by atoms with van der Waals surface area (Å²) in [6, 6.07) is 0. The topological polar surface area (TPSA) is 57.6 Å². The fraction of sp³-hybridized carbons (Fsp3) is 1.00. The van der Waals surface area contributed by atoms with E-state index in [0.717, 1.165) is 0 Å². The Labute approximate surface area is 89.9 Å². The molecule has 0 aliphatic carbocycles. The third-order valence-electron chi connectivity index (χ3n) is 2.19. The van der Waals surface area contributed by atoms with Crippen LogP contribution in [0.2, 0.25) is 0 Å². The Hall–Kier alpha value is 0.160. The van der Waals surface area contributed by atoms with Gasteiger partial charge in [-0.2, -0.15) is 4.31 Å². The number of alkyl halides is 1. The maximum absolute atomic E-state index is 11.6. The molecule has 0 saturated carbocycles. The van der Waals surface area contributed by atoms with Gasteiger partial charge in [0.05, 0.1) is 11.4 Å². The summed E-state index contributed by atoms with van der Waals surface area (Å²) < 4.78 is 24.6. The average molecular weight is 242 g/mol. The maximum Gasteiger partial charge on any atom is 0.214 e. The smallest absolute Gasteiger partial charge is 0.214 e. The average Bonchev–Trinajstić information content (AvgIpc) is 1.99. The van der Waals surface area contributed by atoms with E-state index in [-0.39, 0.29) is 24.8 Å². The van der Waals surface area contributed by atoms with Crippen LogP contribution in [0.1, 0.15) is 13.8 Å². The molecule has 0 spiro atoms. The van der Waals surface area contributed by atoms with Gasteiger partial charge in [0, 0.05) is 19.0 Å². The third kappa shape index (κ3) is 2.82. The second-order valence-corrected chi connectivity index (χ2v) is 6.63. The fourth-order valence-electron chi connectivity index (χ4n) is 1.42. The fourth-order valence-corrected chi connectivity index (χ4v) is 3.66. The largest absolute Gasteiger partial charge is 0.387 e. The Morgan fingerprint density at radius 1 is 1.57 bits per heavy atom. The lowest BCUT2D eigenvalue weighted by atomic mass is 10.0. The van der Waals surface area contributed by atoms with E-state index in [1.807, 2.05) is 0 Å². The van der Waals surface area contributed by atoms with E-state index in [2.05, 4.69) is 0 Å². The second-order valence-electron chi connectivity index (χ2n) is 4.30. The number of nitrogens with zero attached hydrogens (tertiary/aromatic N) is 1. The molecule has 0 radical (unpaired) electrons. The molecule has 0 aromatic carbocycles. The van der Waals surface area contributed by atoms with Crippen molar-refractivity contribution in [1.82, 2.24) is 4.31 Å². The van der Waals surface area contributed by atoms with Crippen LogP contribution in [0.15, 0.2) is 0 Å². The van der Waals surface area contributed by atoms with Gasteiger partial charge in [-0.1, -0.05) is 6.92 Å². The highest BCUT2D eigenvalue weighted by Crippen LogP contribution is 2.24. The first-order valence-corrected chi connectivity index (χ1v) is 6.67. The van der Waals surface area contributed by atoms with Crippen molar-refractivity contribution in [2.75, 3.05) is 24.7 Å². The van der Waals surface area contributed by atoms with Crippen LogP contribution in [0.4, 0.5) is 0 Å². The van der Waals surface area contributed by atoms with E-state index in [0.29, 0.717) is 5.88 Å². The monoisotopic (exact) mass is 241 g/mol. The van der Waals surface area contributed by atoms with Crippen molar-refractivity contribution in [3.8, 4) is 0 Å². The highest BCUT2D eigenvalue weighted by atomic mass is 35.5. The van der Waals surface area contributed by atoms with Crippen molar-refractivity contribution in [2.45, 2.75) is 19.4 Å². The van der Waals surface area contributed by atoms with E-state index >= 15 is 0 Å². The summed E-state index contributed by atoms with van der Waals surface area (Å²) >= 11 is 5.55. The van der Waals surface area contributed by atoms with Crippen molar-refractivity contribution >= 4 is 21.6 Å². The van der Waals surface area contributed by atoms with Crippen LogP contribution in [0, 0.1) is 5.92 Å². The summed E-state index contributed by atoms with van der Waals surface area (Å²) in [5, 5.41) is 9.41. The standard InChI is InChI=1S/C8H16ClNO3S/c1-7(3-9)4-14(12,13)10-5-8(2,11)6-10/h7,11H,3-6H2,1-2H3. The second kappa shape index (κ2) is 3.96. The Kier molecular flexibility index (Phi) is 3.46. The molecule has 6 heteroatoms. The predicted octanol–water partition coefficient (Wildman–Crippen LogP) is 0.258. The number of halogens is 1. The van der Waals surface area contributed by atoms with Gasteiger partial charge in [-0.25, -0.2) is 8.42 Å². The van der Waals surface area contributed by atoms with Crippen molar-refractivity contribution in [2.24, 2.45) is 5.92 Å². The lowest BCUT2D eigenvalue weighted by Gasteiger charge is -2.43. The van der Waals surface area contributed by atoms with E-state index in [9.17, 15) is 13.5 Å². The van der Waals surface area contributed by atoms with Crippen LogP contribution in [0.3, 0.4) is 0 Å². The van der Waals surface area contributed by atoms with Gasteiger partial charge in [0.15, 0.2) is 0 Å². The molecule has 1 rings (SSSR count). The molecule has 0 aromatic rings. The van der Waals surface area contributed by atoms with Gasteiger partial charge in [-0.05, 0) is 12.8 Å². The molecular formula is C8H16ClNO3S. The van der Waals surface area contributed by atoms with Crippen molar-refractivity contribution < 1.29 is 13.5 Å². The number of sulfonamides is 1. The third-order valence-corrected chi connectivity index (χ3v) is 4.75. The number of hydrogen-bond acceptors (Lipinski definition) is 3. The first-order valence-electron chi connectivity index (χ1n) is 4.53. The Balaban J connectivity index is 2.52. The number of β-amino-alcohol motifs (C(OH)–C–C–N with tert-alkyl or cyclic N) is 1. The van der Waals surface area contributed by atoms with Gasteiger partial charge in [0.25, 0.3) is 0 Å². The molecule has 1 N–H and O–H groups in total. The molecule has 1 atom stereocenters. The van der Waals surface area contributed by atoms with Crippen LogP contribution < -0.4 is 0 Å². The Morgan fingerprint density at radius 2 is 2.07 bits per heavy atom. The predicted molar refractivity (Wildman–Crippen MR) is 55.9 cm³/mol. The van der Waals surface area contributed by atoms with Crippen LogP contribution in [-0.4, -0.2) is 48.2 Å². The molecule has 1 aliphatic heterocycles. The molecular weight excluding hydrogens is 226 g/mol. The minimum atomic E-state index is -3.22. The molecule has 4 nitrogen and oxygen atoms in total. The van der Waals surface area contributed by atoms with Gasteiger partial charge in [0.2, 0.25) is 10.0 Å². The minimum absolute atomic E-state index is 0.0489. The van der Waals surface area contributed by atoms with Gasteiger partial charge in [0.1, 0.15) is 0 Å². The molecule has 1 fully saturated rings. The zero-order chi connectivity index (χ0) is 11.0. The first-order chi connectivity index (χ1) is 6.27. The number of hydrogen-bond donors (Lipinski definition) is 1. The zero-order valence-corrected chi connectivity index (χ0v) is 9.98. The normalized spacial score (nSPS) is 24.3. The van der Waals surface area contributed by atoms with Crippen molar-refractivity contribution in [3.63, 3.8) is 0 Å². The molecule has 0 amide bonds. The summed E-state index contributed by atoms with van der Waals surface area (Å²) in [7, 11) is -3.22. The summed E-state index contributed by atoms with van der Waals surface area (Å²) in [4.78, 5) is 0. The van der Waals surface area contributed by atoms with E-state index in [1.54, 1.807) is 13.8 Å². The van der Waals surface area contributed by atoms with Gasteiger partial charge < -0.3 is 5.11 Å². The molecule has 1 aliphatic rings. The molecule has 1 saturated heterocycles.